The van der Waals surface area contributed by atoms with Crippen molar-refractivity contribution >= 4 is 45.8 Å². The highest BCUT2D eigenvalue weighted by Crippen LogP contribution is 2.35. The van der Waals surface area contributed by atoms with E-state index in [4.69, 9.17) is 37.6 Å². The van der Waals surface area contributed by atoms with Gasteiger partial charge in [0, 0.05) is 34.6 Å². The van der Waals surface area contributed by atoms with Gasteiger partial charge in [0.05, 0.1) is 21.6 Å². The molecule has 4 rings (SSSR count). The van der Waals surface area contributed by atoms with E-state index in [-0.39, 0.29) is 50.7 Å². The van der Waals surface area contributed by atoms with E-state index in [0.29, 0.717) is 11.0 Å². The molecule has 0 aliphatic heterocycles. The van der Waals surface area contributed by atoms with Crippen LogP contribution >= 0.6 is 23.2 Å². The van der Waals surface area contributed by atoms with E-state index in [1.54, 1.807) is 0 Å². The number of nitro groups is 1. The number of non-ortho nitro benzene ring substituents is 1. The summed E-state index contributed by atoms with van der Waals surface area (Å²) >= 11 is 12.0. The third kappa shape index (κ3) is 4.78. The number of nitrogens with one attached hydrogen (secondary N) is 1. The molecule has 0 atom stereocenters. The summed E-state index contributed by atoms with van der Waals surface area (Å²) in [6.45, 7) is -0.228. The SMILES string of the molecule is N#Cc1cc(Cl)cc(Oc2c(Cl)ccc(CNC(=O)c3cc4cc([N+](=O)[O-])ccc4o3)c2F)c1. The Balaban J connectivity index is 1.53. The molecular formula is C23H12Cl2FN3O5. The van der Waals surface area contributed by atoms with E-state index in [1.807, 2.05) is 6.07 Å². The van der Waals surface area contributed by atoms with Crippen LogP contribution in [0.5, 0.6) is 11.5 Å². The van der Waals surface area contributed by atoms with Gasteiger partial charge in [-0.1, -0.05) is 29.3 Å². The molecule has 0 bridgehead atoms. The molecule has 0 aliphatic rings. The first kappa shape index (κ1) is 23.0. The summed E-state index contributed by atoms with van der Waals surface area (Å²) in [6.07, 6.45) is 0. The van der Waals surface area contributed by atoms with Gasteiger partial charge in [0.1, 0.15) is 11.3 Å². The van der Waals surface area contributed by atoms with Crippen molar-refractivity contribution < 1.29 is 23.3 Å². The van der Waals surface area contributed by atoms with Crippen molar-refractivity contribution in [1.82, 2.24) is 5.32 Å². The Bertz CT molecular complexity index is 1500. The average molecular weight is 500 g/mol. The molecular weight excluding hydrogens is 488 g/mol. The predicted octanol–water partition coefficient (Wildman–Crippen LogP) is 6.38. The van der Waals surface area contributed by atoms with Gasteiger partial charge >= 0.3 is 0 Å². The van der Waals surface area contributed by atoms with Gasteiger partial charge < -0.3 is 14.5 Å². The van der Waals surface area contributed by atoms with Crippen LogP contribution in [0.3, 0.4) is 0 Å². The van der Waals surface area contributed by atoms with Crippen molar-refractivity contribution in [2.75, 3.05) is 0 Å². The normalized spacial score (nSPS) is 10.6. The number of benzene rings is 3. The van der Waals surface area contributed by atoms with Crippen molar-refractivity contribution in [3.05, 3.63) is 97.5 Å². The van der Waals surface area contributed by atoms with Gasteiger partial charge in [-0.05, 0) is 36.4 Å². The largest absolute Gasteiger partial charge is 0.453 e. The highest BCUT2D eigenvalue weighted by molar-refractivity contribution is 6.32. The fourth-order valence-electron chi connectivity index (χ4n) is 3.13. The monoisotopic (exact) mass is 499 g/mol. The second kappa shape index (κ2) is 9.39. The lowest BCUT2D eigenvalue weighted by Gasteiger charge is -2.13. The zero-order chi connectivity index (χ0) is 24.4. The number of hydrogen-bond donors (Lipinski definition) is 1. The number of fused-ring (bicyclic) bond motifs is 1. The van der Waals surface area contributed by atoms with Crippen LogP contribution in [-0.2, 0) is 6.54 Å². The zero-order valence-electron chi connectivity index (χ0n) is 17.0. The minimum atomic E-state index is -0.813. The summed E-state index contributed by atoms with van der Waals surface area (Å²) in [5.41, 5.74) is 0.445. The van der Waals surface area contributed by atoms with E-state index < -0.39 is 16.6 Å². The van der Waals surface area contributed by atoms with Gasteiger partial charge in [0.2, 0.25) is 0 Å². The molecule has 1 amide bonds. The van der Waals surface area contributed by atoms with Crippen LogP contribution in [0.2, 0.25) is 10.0 Å². The molecule has 11 heteroatoms. The van der Waals surface area contributed by atoms with Crippen molar-refractivity contribution in [3.63, 3.8) is 0 Å². The summed E-state index contributed by atoms with van der Waals surface area (Å²) in [6, 6.07) is 14.2. The number of carbonyl (C=O) groups is 1. The Morgan fingerprint density at radius 3 is 2.71 bits per heavy atom. The molecule has 4 aromatic rings. The topological polar surface area (TPSA) is 118 Å². The number of rotatable bonds is 6. The smallest absolute Gasteiger partial charge is 0.287 e. The van der Waals surface area contributed by atoms with Crippen LogP contribution < -0.4 is 10.1 Å². The lowest BCUT2D eigenvalue weighted by atomic mass is 10.2. The summed E-state index contributed by atoms with van der Waals surface area (Å²) < 4.78 is 26.1. The summed E-state index contributed by atoms with van der Waals surface area (Å²) in [5, 5.41) is 23.1. The number of nitriles is 1. The predicted molar refractivity (Wildman–Crippen MR) is 122 cm³/mol. The fourth-order valence-corrected chi connectivity index (χ4v) is 3.54. The second-order valence-electron chi connectivity index (χ2n) is 7.01. The summed E-state index contributed by atoms with van der Waals surface area (Å²) in [4.78, 5) is 22.9. The van der Waals surface area contributed by atoms with Crippen LogP contribution in [0, 0.1) is 27.3 Å². The summed E-state index contributed by atoms with van der Waals surface area (Å²) in [5.74, 6) is -1.74. The average Bonchev–Trinajstić information content (AvgIpc) is 3.24. The Hall–Kier alpha value is -4.13. The minimum absolute atomic E-state index is 0.0232. The third-order valence-corrected chi connectivity index (χ3v) is 5.24. The number of halogens is 3. The minimum Gasteiger partial charge on any atom is -0.453 e. The summed E-state index contributed by atoms with van der Waals surface area (Å²) in [7, 11) is 0. The van der Waals surface area contributed by atoms with Crippen LogP contribution in [-0.4, -0.2) is 10.8 Å². The highest BCUT2D eigenvalue weighted by Gasteiger charge is 2.18. The van der Waals surface area contributed by atoms with Crippen molar-refractivity contribution in [2.24, 2.45) is 0 Å². The third-order valence-electron chi connectivity index (χ3n) is 4.72. The van der Waals surface area contributed by atoms with Crippen molar-refractivity contribution in [3.8, 4) is 17.6 Å². The van der Waals surface area contributed by atoms with Crippen LogP contribution in [0.25, 0.3) is 11.0 Å². The molecule has 0 fully saturated rings. The first-order valence-electron chi connectivity index (χ1n) is 9.57. The van der Waals surface area contributed by atoms with Gasteiger partial charge in [-0.25, -0.2) is 4.39 Å². The Kier molecular flexibility index (Phi) is 6.36. The molecule has 1 N–H and O–H groups in total. The number of nitro benzene ring substituents is 1. The first-order chi connectivity index (χ1) is 16.2. The molecule has 1 aromatic heterocycles. The molecule has 0 spiro atoms. The molecule has 3 aromatic carbocycles. The molecule has 34 heavy (non-hydrogen) atoms. The molecule has 1 heterocycles. The van der Waals surface area contributed by atoms with E-state index in [9.17, 15) is 14.9 Å². The second-order valence-corrected chi connectivity index (χ2v) is 7.86. The van der Waals surface area contributed by atoms with Crippen molar-refractivity contribution in [2.45, 2.75) is 6.54 Å². The van der Waals surface area contributed by atoms with E-state index in [2.05, 4.69) is 5.32 Å². The van der Waals surface area contributed by atoms with Gasteiger partial charge in [0.25, 0.3) is 11.6 Å². The quantitative estimate of drug-likeness (QED) is 0.242. The number of nitrogens with zero attached hydrogens (tertiary/aromatic N) is 2. The molecule has 0 aliphatic carbocycles. The molecule has 0 radical (unpaired) electrons. The van der Waals surface area contributed by atoms with Gasteiger partial charge in [-0.3, -0.25) is 14.9 Å². The van der Waals surface area contributed by atoms with E-state index in [1.165, 1.54) is 54.6 Å². The Labute approximate surface area is 201 Å². The Morgan fingerprint density at radius 1 is 1.18 bits per heavy atom. The maximum atomic E-state index is 15.1. The maximum absolute atomic E-state index is 15.1. The van der Waals surface area contributed by atoms with Gasteiger partial charge in [-0.2, -0.15) is 5.26 Å². The number of furan rings is 1. The number of amides is 1. The fraction of sp³-hybridized carbons (Fsp3) is 0.0435. The Morgan fingerprint density at radius 2 is 1.97 bits per heavy atom. The highest BCUT2D eigenvalue weighted by atomic mass is 35.5. The van der Waals surface area contributed by atoms with E-state index in [0.717, 1.165) is 0 Å². The van der Waals surface area contributed by atoms with Crippen LogP contribution in [0.1, 0.15) is 21.7 Å². The van der Waals surface area contributed by atoms with Gasteiger partial charge in [0.15, 0.2) is 17.3 Å². The molecule has 0 unspecified atom stereocenters. The van der Waals surface area contributed by atoms with Crippen molar-refractivity contribution in [1.29, 1.82) is 5.26 Å². The number of hydrogen-bond acceptors (Lipinski definition) is 6. The molecule has 170 valence electrons. The van der Waals surface area contributed by atoms with Crippen LogP contribution in [0.4, 0.5) is 10.1 Å². The molecule has 0 saturated heterocycles. The zero-order valence-corrected chi connectivity index (χ0v) is 18.5. The maximum Gasteiger partial charge on any atom is 0.287 e. The standard InChI is InChI=1S/C23H12Cl2FN3O5/c24-15-5-12(10-27)6-17(9-15)33-22-18(25)3-1-13(21(22)26)11-28-23(30)20-8-14-7-16(29(31)32)2-4-19(14)34-20/h1-9H,11H2,(H,28,30). The molecule has 8 nitrogen and oxygen atoms in total. The molecule has 0 saturated carbocycles. The lowest BCUT2D eigenvalue weighted by Crippen LogP contribution is -2.22. The number of ether oxygens (including phenoxy) is 1. The van der Waals surface area contributed by atoms with E-state index >= 15 is 4.39 Å². The van der Waals surface area contributed by atoms with Gasteiger partial charge in [-0.15, -0.1) is 0 Å². The lowest BCUT2D eigenvalue weighted by molar-refractivity contribution is -0.384. The number of carbonyl (C=O) groups excluding carboxylic acids is 1. The van der Waals surface area contributed by atoms with Crippen LogP contribution in [0.15, 0.2) is 59.0 Å². The first-order valence-corrected chi connectivity index (χ1v) is 10.3.